The quantitative estimate of drug-likeness (QED) is 0.538. The summed E-state index contributed by atoms with van der Waals surface area (Å²) in [5.41, 5.74) is 1.27. The van der Waals surface area contributed by atoms with Gasteiger partial charge < -0.3 is 10.1 Å². The molecule has 0 bridgehead atoms. The Hall–Kier alpha value is -2.88. The van der Waals surface area contributed by atoms with Gasteiger partial charge in [-0.3, -0.25) is 4.79 Å². The average Bonchev–Trinajstić information content (AvgIpc) is 3.46. The number of benzene rings is 2. The standard InChI is InChI=1S/C21H20N2O2/c1-15(17-10-9-16-6-2-3-7-18(16)14-17)23(19-11-12-19)21(24)20-8-4-5-13-22(20)25/h2-10,13-15,19H,11-12H2,1H3/t15-/m0/s1. The van der Waals surface area contributed by atoms with Gasteiger partial charge in [0, 0.05) is 18.2 Å². The maximum absolute atomic E-state index is 13.0. The molecule has 0 N–H and O–H groups in total. The molecule has 126 valence electrons. The lowest BCUT2D eigenvalue weighted by atomic mass is 10.0. The lowest BCUT2D eigenvalue weighted by molar-refractivity contribution is -0.608. The van der Waals surface area contributed by atoms with Gasteiger partial charge >= 0.3 is 5.91 Å². The molecule has 1 fully saturated rings. The number of fused-ring (bicyclic) bond motifs is 1. The number of amides is 1. The minimum atomic E-state index is -0.196. The molecule has 0 saturated heterocycles. The van der Waals surface area contributed by atoms with E-state index in [9.17, 15) is 10.0 Å². The smallest absolute Gasteiger partial charge is 0.320 e. The zero-order valence-corrected chi connectivity index (χ0v) is 14.1. The Morgan fingerprint density at radius 2 is 1.80 bits per heavy atom. The van der Waals surface area contributed by atoms with E-state index >= 15 is 0 Å². The van der Waals surface area contributed by atoms with Crippen LogP contribution in [0.5, 0.6) is 0 Å². The van der Waals surface area contributed by atoms with Crippen molar-refractivity contribution in [2.24, 2.45) is 0 Å². The van der Waals surface area contributed by atoms with Crippen LogP contribution in [0.1, 0.15) is 41.9 Å². The fraction of sp³-hybridized carbons (Fsp3) is 0.238. The van der Waals surface area contributed by atoms with Crippen molar-refractivity contribution in [3.63, 3.8) is 0 Å². The SMILES string of the molecule is C[C@@H](c1ccc2ccccc2c1)N(C(=O)c1cccc[n+]1[O-])C1CC1. The summed E-state index contributed by atoms with van der Waals surface area (Å²) in [4.78, 5) is 14.9. The van der Waals surface area contributed by atoms with Crippen LogP contribution >= 0.6 is 0 Å². The second-order valence-corrected chi connectivity index (χ2v) is 6.64. The molecule has 1 heterocycles. The number of rotatable bonds is 4. The molecule has 2 aromatic carbocycles. The summed E-state index contributed by atoms with van der Waals surface area (Å²) < 4.78 is 0.658. The Labute approximate surface area is 146 Å². The van der Waals surface area contributed by atoms with Crippen LogP contribution in [0.4, 0.5) is 0 Å². The first kappa shape index (κ1) is 15.6. The second-order valence-electron chi connectivity index (χ2n) is 6.64. The van der Waals surface area contributed by atoms with Gasteiger partial charge in [-0.15, -0.1) is 0 Å². The Bertz CT molecular complexity index is 934. The van der Waals surface area contributed by atoms with Crippen molar-refractivity contribution in [2.45, 2.75) is 31.8 Å². The summed E-state index contributed by atoms with van der Waals surface area (Å²) in [7, 11) is 0. The number of nitrogens with zero attached hydrogens (tertiary/aromatic N) is 2. The molecule has 0 spiro atoms. The van der Waals surface area contributed by atoms with Gasteiger partial charge in [0.25, 0.3) is 5.69 Å². The van der Waals surface area contributed by atoms with Crippen LogP contribution in [0.25, 0.3) is 10.8 Å². The van der Waals surface area contributed by atoms with Gasteiger partial charge in [-0.05, 0) is 48.2 Å². The molecule has 1 aromatic heterocycles. The van der Waals surface area contributed by atoms with E-state index in [0.29, 0.717) is 4.73 Å². The second kappa shape index (κ2) is 6.20. The first-order valence-electron chi connectivity index (χ1n) is 8.65. The van der Waals surface area contributed by atoms with E-state index in [0.717, 1.165) is 23.8 Å². The molecular formula is C21H20N2O2. The lowest BCUT2D eigenvalue weighted by Gasteiger charge is -2.29. The van der Waals surface area contributed by atoms with E-state index in [-0.39, 0.29) is 23.7 Å². The van der Waals surface area contributed by atoms with E-state index in [1.54, 1.807) is 18.2 Å². The van der Waals surface area contributed by atoms with Crippen LogP contribution in [0, 0.1) is 5.21 Å². The third-order valence-electron chi connectivity index (χ3n) is 4.89. The molecule has 1 aliphatic rings. The van der Waals surface area contributed by atoms with Crippen LogP contribution in [-0.4, -0.2) is 16.8 Å². The van der Waals surface area contributed by atoms with E-state index in [4.69, 9.17) is 0 Å². The van der Waals surface area contributed by atoms with Crippen molar-refractivity contribution in [3.05, 3.63) is 83.3 Å². The minimum Gasteiger partial charge on any atom is -0.618 e. The molecular weight excluding hydrogens is 312 g/mol. The molecule has 1 saturated carbocycles. The molecule has 0 unspecified atom stereocenters. The summed E-state index contributed by atoms with van der Waals surface area (Å²) in [5.74, 6) is -0.196. The van der Waals surface area contributed by atoms with Crippen LogP contribution in [-0.2, 0) is 0 Å². The van der Waals surface area contributed by atoms with Crippen molar-refractivity contribution in [2.75, 3.05) is 0 Å². The largest absolute Gasteiger partial charge is 0.618 e. The molecule has 0 radical (unpaired) electrons. The van der Waals surface area contributed by atoms with Gasteiger partial charge in [0.1, 0.15) is 0 Å². The van der Waals surface area contributed by atoms with Gasteiger partial charge in [-0.2, -0.15) is 4.73 Å². The molecule has 1 aliphatic carbocycles. The van der Waals surface area contributed by atoms with Gasteiger partial charge in [-0.1, -0.05) is 36.4 Å². The van der Waals surface area contributed by atoms with Crippen molar-refractivity contribution >= 4 is 16.7 Å². The van der Waals surface area contributed by atoms with E-state index in [1.807, 2.05) is 24.0 Å². The Balaban J connectivity index is 1.70. The van der Waals surface area contributed by atoms with Crippen LogP contribution in [0.15, 0.2) is 66.9 Å². The summed E-state index contributed by atoms with van der Waals surface area (Å²) in [6.07, 6.45) is 3.36. The third-order valence-corrected chi connectivity index (χ3v) is 4.89. The first-order valence-corrected chi connectivity index (χ1v) is 8.65. The molecule has 4 nitrogen and oxygen atoms in total. The van der Waals surface area contributed by atoms with Crippen molar-refractivity contribution < 1.29 is 9.52 Å². The highest BCUT2D eigenvalue weighted by molar-refractivity contribution is 5.92. The Morgan fingerprint density at radius 3 is 2.52 bits per heavy atom. The molecule has 25 heavy (non-hydrogen) atoms. The number of carbonyl (C=O) groups excluding carboxylic acids is 1. The van der Waals surface area contributed by atoms with Crippen LogP contribution in [0.3, 0.4) is 0 Å². The highest BCUT2D eigenvalue weighted by Crippen LogP contribution is 2.36. The molecule has 1 amide bonds. The lowest BCUT2D eigenvalue weighted by Crippen LogP contribution is -2.43. The third kappa shape index (κ3) is 2.95. The maximum Gasteiger partial charge on any atom is 0.320 e. The summed E-state index contributed by atoms with van der Waals surface area (Å²) in [6.45, 7) is 2.04. The zero-order chi connectivity index (χ0) is 17.4. The maximum atomic E-state index is 13.0. The van der Waals surface area contributed by atoms with E-state index < -0.39 is 0 Å². The number of aromatic nitrogens is 1. The molecule has 3 aromatic rings. The highest BCUT2D eigenvalue weighted by Gasteiger charge is 2.39. The summed E-state index contributed by atoms with van der Waals surface area (Å²) in [6, 6.07) is 19.6. The monoisotopic (exact) mass is 332 g/mol. The predicted molar refractivity (Wildman–Crippen MR) is 97.0 cm³/mol. The number of hydrogen-bond acceptors (Lipinski definition) is 2. The van der Waals surface area contributed by atoms with Crippen molar-refractivity contribution in [1.29, 1.82) is 0 Å². The Kier molecular flexibility index (Phi) is 3.88. The number of pyridine rings is 1. The molecule has 0 aliphatic heterocycles. The van der Waals surface area contributed by atoms with E-state index in [1.165, 1.54) is 11.6 Å². The zero-order valence-electron chi connectivity index (χ0n) is 14.1. The van der Waals surface area contributed by atoms with Crippen LogP contribution in [0.2, 0.25) is 0 Å². The van der Waals surface area contributed by atoms with Gasteiger partial charge in [-0.25, -0.2) is 0 Å². The van der Waals surface area contributed by atoms with E-state index in [2.05, 4.69) is 30.3 Å². The average molecular weight is 332 g/mol. The van der Waals surface area contributed by atoms with Crippen molar-refractivity contribution in [3.8, 4) is 0 Å². The van der Waals surface area contributed by atoms with Crippen LogP contribution < -0.4 is 4.73 Å². The van der Waals surface area contributed by atoms with Gasteiger partial charge in [0.05, 0.1) is 6.04 Å². The highest BCUT2D eigenvalue weighted by atomic mass is 16.5. The van der Waals surface area contributed by atoms with Crippen molar-refractivity contribution in [1.82, 2.24) is 4.90 Å². The van der Waals surface area contributed by atoms with Gasteiger partial charge in [0.2, 0.25) is 0 Å². The topological polar surface area (TPSA) is 47.2 Å². The predicted octanol–water partition coefficient (Wildman–Crippen LogP) is 3.84. The summed E-state index contributed by atoms with van der Waals surface area (Å²) in [5, 5.41) is 14.4. The molecule has 1 atom stereocenters. The summed E-state index contributed by atoms with van der Waals surface area (Å²) >= 11 is 0. The fourth-order valence-corrected chi connectivity index (χ4v) is 3.37. The first-order chi connectivity index (χ1) is 12.1. The number of hydrogen-bond donors (Lipinski definition) is 0. The molecule has 4 heteroatoms. The Morgan fingerprint density at radius 1 is 1.08 bits per heavy atom. The molecule has 4 rings (SSSR count). The van der Waals surface area contributed by atoms with Gasteiger partial charge in [0.15, 0.2) is 6.20 Å². The normalized spacial score (nSPS) is 15.1. The fourth-order valence-electron chi connectivity index (χ4n) is 3.37. The minimum absolute atomic E-state index is 0.0789. The number of carbonyl (C=O) groups is 1.